The Morgan fingerprint density at radius 3 is 2.50 bits per heavy atom. The van der Waals surface area contributed by atoms with Crippen molar-refractivity contribution in [3.8, 4) is 11.5 Å². The number of hydrogen-bond acceptors (Lipinski definition) is 4. The molecule has 0 aliphatic rings. The van der Waals surface area contributed by atoms with E-state index in [-0.39, 0.29) is 0 Å². The van der Waals surface area contributed by atoms with E-state index in [0.717, 1.165) is 49.5 Å². The zero-order chi connectivity index (χ0) is 20.2. The molecule has 0 saturated carbocycles. The van der Waals surface area contributed by atoms with Crippen molar-refractivity contribution in [1.29, 1.82) is 0 Å². The second kappa shape index (κ2) is 11.7. The van der Waals surface area contributed by atoms with Gasteiger partial charge in [-0.15, -0.1) is 0 Å². The summed E-state index contributed by atoms with van der Waals surface area (Å²) < 4.78 is 10.6. The average molecular weight is 385 g/mol. The molecule has 0 spiro atoms. The van der Waals surface area contributed by atoms with E-state index in [2.05, 4.69) is 46.4 Å². The Balaban J connectivity index is 1.71. The molecular formula is C22H32N4O2. The first kappa shape index (κ1) is 21.4. The van der Waals surface area contributed by atoms with Crippen LogP contribution in [0.4, 0.5) is 5.69 Å². The maximum Gasteiger partial charge on any atom is 0.188 e. The van der Waals surface area contributed by atoms with Gasteiger partial charge in [-0.2, -0.15) is 0 Å². The standard InChI is InChI=1S/C22H32N4O2/c1-4-26(19-9-6-5-7-10-19)16-8-14-24-22(23)25-15-13-18-11-12-20(27-2)21(17-18)28-3/h5-7,9-12,17H,4,8,13-16H2,1-3H3,(H3,23,24,25). The monoisotopic (exact) mass is 384 g/mol. The number of nitrogens with two attached hydrogens (primary N) is 1. The summed E-state index contributed by atoms with van der Waals surface area (Å²) >= 11 is 0. The van der Waals surface area contributed by atoms with Crippen molar-refractivity contribution < 1.29 is 9.47 Å². The summed E-state index contributed by atoms with van der Waals surface area (Å²) in [7, 11) is 3.28. The molecular weight excluding hydrogens is 352 g/mol. The van der Waals surface area contributed by atoms with Crippen molar-refractivity contribution in [3.63, 3.8) is 0 Å². The van der Waals surface area contributed by atoms with Gasteiger partial charge < -0.3 is 25.4 Å². The van der Waals surface area contributed by atoms with Crippen molar-refractivity contribution >= 4 is 11.6 Å². The van der Waals surface area contributed by atoms with Gasteiger partial charge in [0.05, 0.1) is 14.2 Å². The molecule has 2 rings (SSSR count). The molecule has 0 radical (unpaired) electrons. The Morgan fingerprint density at radius 1 is 1.07 bits per heavy atom. The number of ether oxygens (including phenoxy) is 2. The summed E-state index contributed by atoms with van der Waals surface area (Å²) in [4.78, 5) is 6.77. The molecule has 152 valence electrons. The molecule has 6 heteroatoms. The van der Waals surface area contributed by atoms with Gasteiger partial charge in [0.1, 0.15) is 0 Å². The smallest absolute Gasteiger partial charge is 0.188 e. The lowest BCUT2D eigenvalue weighted by molar-refractivity contribution is 0.354. The maximum absolute atomic E-state index is 5.98. The minimum absolute atomic E-state index is 0.489. The van der Waals surface area contributed by atoms with E-state index in [1.165, 1.54) is 5.69 Å². The summed E-state index contributed by atoms with van der Waals surface area (Å²) in [5.74, 6) is 1.96. The lowest BCUT2D eigenvalue weighted by Crippen LogP contribution is -2.33. The Hall–Kier alpha value is -2.89. The highest BCUT2D eigenvalue weighted by Gasteiger charge is 2.05. The van der Waals surface area contributed by atoms with Crippen LogP contribution in [0.15, 0.2) is 53.5 Å². The topological polar surface area (TPSA) is 72.1 Å². The Kier molecular flexibility index (Phi) is 8.98. The molecule has 2 aromatic rings. The largest absolute Gasteiger partial charge is 0.493 e. The van der Waals surface area contributed by atoms with E-state index in [1.54, 1.807) is 14.2 Å². The highest BCUT2D eigenvalue weighted by Crippen LogP contribution is 2.27. The van der Waals surface area contributed by atoms with Crippen LogP contribution in [0.3, 0.4) is 0 Å². The number of benzene rings is 2. The number of nitrogens with one attached hydrogen (secondary N) is 1. The molecule has 0 aliphatic heterocycles. The number of para-hydroxylation sites is 1. The summed E-state index contributed by atoms with van der Waals surface area (Å²) in [6.45, 7) is 5.53. The molecule has 28 heavy (non-hydrogen) atoms. The number of methoxy groups -OCH3 is 2. The van der Waals surface area contributed by atoms with Gasteiger partial charge in [0, 0.05) is 31.9 Å². The second-order valence-corrected chi connectivity index (χ2v) is 6.40. The van der Waals surface area contributed by atoms with Crippen LogP contribution < -0.4 is 25.4 Å². The fourth-order valence-corrected chi connectivity index (χ4v) is 3.00. The average Bonchev–Trinajstić information content (AvgIpc) is 2.74. The summed E-state index contributed by atoms with van der Waals surface area (Å²) in [6.07, 6.45) is 1.79. The van der Waals surface area contributed by atoms with Crippen LogP contribution in [0.2, 0.25) is 0 Å². The number of aliphatic imine (C=N–C) groups is 1. The molecule has 0 amide bonds. The van der Waals surface area contributed by atoms with Crippen LogP contribution in [0.5, 0.6) is 11.5 Å². The van der Waals surface area contributed by atoms with E-state index in [1.807, 2.05) is 24.3 Å². The highest BCUT2D eigenvalue weighted by molar-refractivity contribution is 5.77. The first-order chi connectivity index (χ1) is 13.7. The van der Waals surface area contributed by atoms with Crippen LogP contribution in [0.1, 0.15) is 18.9 Å². The predicted molar refractivity (Wildman–Crippen MR) is 117 cm³/mol. The molecule has 0 heterocycles. The molecule has 0 fully saturated rings. The summed E-state index contributed by atoms with van der Waals surface area (Å²) in [5.41, 5.74) is 8.38. The third-order valence-corrected chi connectivity index (χ3v) is 4.54. The van der Waals surface area contributed by atoms with Gasteiger partial charge in [-0.3, -0.25) is 4.99 Å². The van der Waals surface area contributed by atoms with Crippen molar-refractivity contribution in [1.82, 2.24) is 5.32 Å². The van der Waals surface area contributed by atoms with E-state index in [9.17, 15) is 0 Å². The molecule has 0 aromatic heterocycles. The Bertz CT molecular complexity index is 735. The van der Waals surface area contributed by atoms with Crippen LogP contribution in [0, 0.1) is 0 Å². The van der Waals surface area contributed by atoms with Crippen LogP contribution in [-0.4, -0.2) is 46.4 Å². The van der Waals surface area contributed by atoms with E-state index < -0.39 is 0 Å². The number of nitrogens with zero attached hydrogens (tertiary/aromatic N) is 2. The lowest BCUT2D eigenvalue weighted by atomic mass is 10.1. The SMILES string of the molecule is CCN(CCCN=C(N)NCCc1ccc(OC)c(OC)c1)c1ccccc1. The third kappa shape index (κ3) is 6.68. The number of hydrogen-bond donors (Lipinski definition) is 2. The molecule has 0 atom stereocenters. The van der Waals surface area contributed by atoms with Gasteiger partial charge in [0.25, 0.3) is 0 Å². The normalized spacial score (nSPS) is 11.2. The molecule has 3 N–H and O–H groups in total. The van der Waals surface area contributed by atoms with Crippen molar-refractivity contribution in [3.05, 3.63) is 54.1 Å². The lowest BCUT2D eigenvalue weighted by Gasteiger charge is -2.22. The van der Waals surface area contributed by atoms with Crippen molar-refractivity contribution in [2.75, 3.05) is 45.3 Å². The number of guanidine groups is 1. The molecule has 0 aliphatic carbocycles. The summed E-state index contributed by atoms with van der Waals surface area (Å²) in [5, 5.41) is 3.17. The third-order valence-electron chi connectivity index (χ3n) is 4.54. The molecule has 0 unspecified atom stereocenters. The summed E-state index contributed by atoms with van der Waals surface area (Å²) in [6, 6.07) is 16.4. The van der Waals surface area contributed by atoms with Gasteiger partial charge >= 0.3 is 0 Å². The van der Waals surface area contributed by atoms with E-state index in [4.69, 9.17) is 15.2 Å². The minimum Gasteiger partial charge on any atom is -0.493 e. The first-order valence-corrected chi connectivity index (χ1v) is 9.72. The Labute approximate surface area is 168 Å². The minimum atomic E-state index is 0.489. The van der Waals surface area contributed by atoms with Crippen molar-refractivity contribution in [2.24, 2.45) is 10.7 Å². The van der Waals surface area contributed by atoms with Gasteiger partial charge in [0.2, 0.25) is 0 Å². The molecule has 0 bridgehead atoms. The van der Waals surface area contributed by atoms with Crippen LogP contribution >= 0.6 is 0 Å². The maximum atomic E-state index is 5.98. The van der Waals surface area contributed by atoms with Crippen LogP contribution in [0.25, 0.3) is 0 Å². The fourth-order valence-electron chi connectivity index (χ4n) is 3.00. The van der Waals surface area contributed by atoms with Gasteiger partial charge in [-0.05, 0) is 49.6 Å². The highest BCUT2D eigenvalue weighted by atomic mass is 16.5. The number of rotatable bonds is 11. The molecule has 0 saturated heterocycles. The zero-order valence-electron chi connectivity index (χ0n) is 17.1. The Morgan fingerprint density at radius 2 is 1.82 bits per heavy atom. The quantitative estimate of drug-likeness (QED) is 0.354. The fraction of sp³-hybridized carbons (Fsp3) is 0.409. The van der Waals surface area contributed by atoms with E-state index in [0.29, 0.717) is 12.5 Å². The molecule has 2 aromatic carbocycles. The second-order valence-electron chi connectivity index (χ2n) is 6.40. The van der Waals surface area contributed by atoms with Gasteiger partial charge in [0.15, 0.2) is 17.5 Å². The number of anilines is 1. The predicted octanol–water partition coefficient (Wildman–Crippen LogP) is 3.07. The van der Waals surface area contributed by atoms with E-state index >= 15 is 0 Å². The first-order valence-electron chi connectivity index (χ1n) is 9.72. The van der Waals surface area contributed by atoms with Gasteiger partial charge in [-0.1, -0.05) is 24.3 Å². The van der Waals surface area contributed by atoms with Crippen LogP contribution in [-0.2, 0) is 6.42 Å². The van der Waals surface area contributed by atoms with Gasteiger partial charge in [-0.25, -0.2) is 0 Å². The molecule has 6 nitrogen and oxygen atoms in total. The zero-order valence-corrected chi connectivity index (χ0v) is 17.1. The van der Waals surface area contributed by atoms with Crippen molar-refractivity contribution in [2.45, 2.75) is 19.8 Å².